The molecule has 35 heavy (non-hydrogen) atoms. The van der Waals surface area contributed by atoms with E-state index in [0.29, 0.717) is 27.7 Å². The van der Waals surface area contributed by atoms with E-state index in [-0.39, 0.29) is 24.7 Å². The summed E-state index contributed by atoms with van der Waals surface area (Å²) in [5.74, 6) is 0.00965. The van der Waals surface area contributed by atoms with Crippen molar-refractivity contribution in [1.82, 2.24) is 9.78 Å². The van der Waals surface area contributed by atoms with E-state index in [4.69, 9.17) is 16.3 Å². The van der Waals surface area contributed by atoms with Crippen LogP contribution < -0.4 is 10.1 Å². The van der Waals surface area contributed by atoms with E-state index in [0.717, 1.165) is 11.3 Å². The zero-order valence-electron chi connectivity index (χ0n) is 18.6. The number of carbonyl (C=O) groups is 1. The Labute approximate surface area is 205 Å². The minimum Gasteiger partial charge on any atom is -0.489 e. The van der Waals surface area contributed by atoms with Gasteiger partial charge < -0.3 is 10.1 Å². The van der Waals surface area contributed by atoms with Gasteiger partial charge in [-0.25, -0.2) is 4.39 Å². The number of nitro benzene ring substituents is 1. The maximum atomic E-state index is 14.1. The minimum atomic E-state index is -0.481. The summed E-state index contributed by atoms with van der Waals surface area (Å²) in [6.07, 6.45) is 0. The molecule has 3 aromatic carbocycles. The minimum absolute atomic E-state index is 0.0225. The molecule has 0 fully saturated rings. The maximum Gasteiger partial charge on any atom is 0.269 e. The standard InChI is InChI=1S/C25H20ClFN4O4/c1-16-12-24(29-30(16)14-21-22(26)6-3-7-23(21)27)28-25(32)18-5-2-4-17(13-18)15-35-20-10-8-19(9-11-20)31(33)34/h2-13H,14-15H2,1H3,(H,28,29,32). The Morgan fingerprint density at radius 2 is 1.89 bits per heavy atom. The number of aryl methyl sites for hydroxylation is 1. The number of hydrogen-bond acceptors (Lipinski definition) is 5. The summed E-state index contributed by atoms with van der Waals surface area (Å²) in [7, 11) is 0. The van der Waals surface area contributed by atoms with Gasteiger partial charge in [0, 0.05) is 40.0 Å². The van der Waals surface area contributed by atoms with E-state index >= 15 is 0 Å². The van der Waals surface area contributed by atoms with Gasteiger partial charge in [-0.1, -0.05) is 29.8 Å². The number of rotatable bonds is 8. The number of non-ortho nitro benzene ring substituents is 1. The van der Waals surface area contributed by atoms with Crippen molar-refractivity contribution in [1.29, 1.82) is 0 Å². The van der Waals surface area contributed by atoms with Crippen molar-refractivity contribution in [3.63, 3.8) is 0 Å². The molecule has 0 bridgehead atoms. The number of nitrogens with zero attached hydrogens (tertiary/aromatic N) is 3. The second-order valence-electron chi connectivity index (χ2n) is 7.72. The van der Waals surface area contributed by atoms with Crippen molar-refractivity contribution in [2.45, 2.75) is 20.1 Å². The fourth-order valence-electron chi connectivity index (χ4n) is 3.39. The fourth-order valence-corrected chi connectivity index (χ4v) is 3.61. The molecule has 4 aromatic rings. The van der Waals surface area contributed by atoms with E-state index in [1.54, 1.807) is 48.0 Å². The van der Waals surface area contributed by atoms with Crippen molar-refractivity contribution in [3.8, 4) is 5.75 Å². The van der Waals surface area contributed by atoms with Gasteiger partial charge in [-0.2, -0.15) is 5.10 Å². The van der Waals surface area contributed by atoms with Crippen LogP contribution in [0.4, 0.5) is 15.9 Å². The van der Waals surface area contributed by atoms with E-state index in [1.807, 2.05) is 0 Å². The number of aromatic nitrogens is 2. The molecule has 0 radical (unpaired) electrons. The Balaban J connectivity index is 1.41. The first kappa shape index (κ1) is 23.9. The summed E-state index contributed by atoms with van der Waals surface area (Å²) in [5, 5.41) is 18.2. The Bertz CT molecular complexity index is 1370. The van der Waals surface area contributed by atoms with Gasteiger partial charge in [0.25, 0.3) is 11.6 Å². The highest BCUT2D eigenvalue weighted by Gasteiger charge is 2.14. The smallest absolute Gasteiger partial charge is 0.269 e. The SMILES string of the molecule is Cc1cc(NC(=O)c2cccc(COc3ccc([N+](=O)[O-])cc3)c2)nn1Cc1c(F)cccc1Cl. The first-order valence-corrected chi connectivity index (χ1v) is 10.9. The Kier molecular flexibility index (Phi) is 7.07. The summed E-state index contributed by atoms with van der Waals surface area (Å²) in [6, 6.07) is 18.8. The zero-order valence-corrected chi connectivity index (χ0v) is 19.3. The molecular weight excluding hydrogens is 475 g/mol. The third kappa shape index (κ3) is 5.82. The summed E-state index contributed by atoms with van der Waals surface area (Å²) >= 11 is 6.11. The van der Waals surface area contributed by atoms with Crippen molar-refractivity contribution in [2.75, 3.05) is 5.32 Å². The number of hydrogen-bond donors (Lipinski definition) is 1. The molecule has 0 saturated carbocycles. The largest absolute Gasteiger partial charge is 0.489 e. The van der Waals surface area contributed by atoms with Gasteiger partial charge in [-0.3, -0.25) is 19.6 Å². The van der Waals surface area contributed by atoms with Crippen LogP contribution in [0.1, 0.15) is 27.2 Å². The van der Waals surface area contributed by atoms with Crippen molar-refractivity contribution >= 4 is 29.0 Å². The molecule has 0 unspecified atom stereocenters. The van der Waals surface area contributed by atoms with Crippen LogP contribution in [0.2, 0.25) is 5.02 Å². The average Bonchev–Trinajstić information content (AvgIpc) is 3.19. The first-order chi connectivity index (χ1) is 16.8. The van der Waals surface area contributed by atoms with Crippen LogP contribution in [0.5, 0.6) is 5.75 Å². The van der Waals surface area contributed by atoms with Crippen LogP contribution in [0, 0.1) is 22.9 Å². The summed E-state index contributed by atoms with van der Waals surface area (Å²) in [6.45, 7) is 2.10. The molecule has 1 aromatic heterocycles. The molecule has 0 saturated heterocycles. The van der Waals surface area contributed by atoms with Gasteiger partial charge in [-0.15, -0.1) is 0 Å². The van der Waals surface area contributed by atoms with Crippen LogP contribution in [0.15, 0.2) is 72.8 Å². The normalized spacial score (nSPS) is 10.7. The number of halogens is 2. The predicted molar refractivity (Wildman–Crippen MR) is 129 cm³/mol. The Morgan fingerprint density at radius 3 is 2.60 bits per heavy atom. The lowest BCUT2D eigenvalue weighted by molar-refractivity contribution is -0.384. The third-order valence-corrected chi connectivity index (χ3v) is 5.59. The first-order valence-electron chi connectivity index (χ1n) is 10.5. The second kappa shape index (κ2) is 10.4. The highest BCUT2D eigenvalue weighted by Crippen LogP contribution is 2.22. The molecule has 8 nitrogen and oxygen atoms in total. The summed E-state index contributed by atoms with van der Waals surface area (Å²) in [5.41, 5.74) is 2.17. The highest BCUT2D eigenvalue weighted by molar-refractivity contribution is 6.31. The molecular formula is C25H20ClFN4O4. The number of ether oxygens (including phenoxy) is 1. The number of carbonyl (C=O) groups excluding carboxylic acids is 1. The van der Waals surface area contributed by atoms with Crippen LogP contribution in [-0.4, -0.2) is 20.6 Å². The molecule has 0 aliphatic rings. The quantitative estimate of drug-likeness (QED) is 0.247. The van der Waals surface area contributed by atoms with E-state index in [9.17, 15) is 19.3 Å². The van der Waals surface area contributed by atoms with Gasteiger partial charge in [0.15, 0.2) is 5.82 Å². The molecule has 0 aliphatic carbocycles. The van der Waals surface area contributed by atoms with Crippen molar-refractivity contribution in [2.24, 2.45) is 0 Å². The molecule has 178 valence electrons. The molecule has 0 atom stereocenters. The number of anilines is 1. The number of benzene rings is 3. The van der Waals surface area contributed by atoms with E-state index in [1.165, 1.54) is 36.4 Å². The van der Waals surface area contributed by atoms with Crippen molar-refractivity contribution in [3.05, 3.63) is 116 Å². The lowest BCUT2D eigenvalue weighted by atomic mass is 10.1. The number of nitro groups is 1. The lowest BCUT2D eigenvalue weighted by Crippen LogP contribution is -2.13. The zero-order chi connectivity index (χ0) is 24.9. The molecule has 4 rings (SSSR count). The Morgan fingerprint density at radius 1 is 1.14 bits per heavy atom. The number of amides is 1. The average molecular weight is 495 g/mol. The van der Waals surface area contributed by atoms with Crippen LogP contribution in [0.25, 0.3) is 0 Å². The monoisotopic (exact) mass is 494 g/mol. The Hall–Kier alpha value is -4.24. The number of nitrogens with one attached hydrogen (secondary N) is 1. The van der Waals surface area contributed by atoms with Gasteiger partial charge in [0.05, 0.1) is 11.5 Å². The van der Waals surface area contributed by atoms with Gasteiger partial charge in [0.2, 0.25) is 0 Å². The lowest BCUT2D eigenvalue weighted by Gasteiger charge is -2.08. The fraction of sp³-hybridized carbons (Fsp3) is 0.120. The molecule has 0 spiro atoms. The van der Waals surface area contributed by atoms with E-state index < -0.39 is 10.7 Å². The van der Waals surface area contributed by atoms with Crippen LogP contribution in [-0.2, 0) is 13.2 Å². The summed E-state index contributed by atoms with van der Waals surface area (Å²) in [4.78, 5) is 23.1. The van der Waals surface area contributed by atoms with Crippen molar-refractivity contribution < 1.29 is 18.8 Å². The second-order valence-corrected chi connectivity index (χ2v) is 8.13. The molecule has 1 amide bonds. The maximum absolute atomic E-state index is 14.1. The molecule has 10 heteroatoms. The highest BCUT2D eigenvalue weighted by atomic mass is 35.5. The van der Waals surface area contributed by atoms with Crippen LogP contribution >= 0.6 is 11.6 Å². The molecule has 1 heterocycles. The van der Waals surface area contributed by atoms with Gasteiger partial charge in [-0.05, 0) is 48.9 Å². The van der Waals surface area contributed by atoms with Gasteiger partial charge >= 0.3 is 0 Å². The predicted octanol–water partition coefficient (Wildman–Crippen LogP) is 5.77. The third-order valence-electron chi connectivity index (χ3n) is 5.23. The topological polar surface area (TPSA) is 99.3 Å². The molecule has 1 N–H and O–H groups in total. The molecule has 0 aliphatic heterocycles. The van der Waals surface area contributed by atoms with Gasteiger partial charge in [0.1, 0.15) is 18.2 Å². The van der Waals surface area contributed by atoms with E-state index in [2.05, 4.69) is 10.4 Å². The van der Waals surface area contributed by atoms with Crippen LogP contribution in [0.3, 0.4) is 0 Å². The summed E-state index contributed by atoms with van der Waals surface area (Å²) < 4.78 is 21.4.